The molecule has 100 valence electrons. The summed E-state index contributed by atoms with van der Waals surface area (Å²) < 4.78 is 1.15. The molecule has 1 N–H and O–H groups in total. The summed E-state index contributed by atoms with van der Waals surface area (Å²) in [4.78, 5) is 15.2. The van der Waals surface area contributed by atoms with Gasteiger partial charge in [0, 0.05) is 24.5 Å². The fourth-order valence-corrected chi connectivity index (χ4v) is 3.75. The molecule has 18 heavy (non-hydrogen) atoms. The Bertz CT molecular complexity index is 407. The summed E-state index contributed by atoms with van der Waals surface area (Å²) in [6, 6.07) is 4.25. The van der Waals surface area contributed by atoms with Crippen LogP contribution in [0, 0.1) is 5.92 Å². The molecule has 0 bridgehead atoms. The monoisotopic (exact) mass is 330 g/mol. The summed E-state index contributed by atoms with van der Waals surface area (Å²) in [5.74, 6) is 0.637. The predicted octanol–water partition coefficient (Wildman–Crippen LogP) is 3.49. The molecule has 3 nitrogen and oxygen atoms in total. The van der Waals surface area contributed by atoms with Crippen LogP contribution in [0.1, 0.15) is 24.6 Å². The van der Waals surface area contributed by atoms with Gasteiger partial charge in [0.15, 0.2) is 0 Å². The number of halogens is 1. The van der Waals surface area contributed by atoms with Crippen molar-refractivity contribution in [2.24, 2.45) is 5.92 Å². The van der Waals surface area contributed by atoms with Crippen molar-refractivity contribution in [2.45, 2.75) is 26.2 Å². The predicted molar refractivity (Wildman–Crippen MR) is 79.1 cm³/mol. The van der Waals surface area contributed by atoms with Crippen molar-refractivity contribution in [1.82, 2.24) is 10.2 Å². The standard InChI is InChI=1S/C13H19BrN2OS/c1-10-3-2-8-16(9-10)13(17)15-7-6-11-4-5-12(14)18-11/h4-5,10H,2-3,6-9H2,1H3,(H,15,17). The van der Waals surface area contributed by atoms with Crippen LogP contribution in [0.4, 0.5) is 4.79 Å². The van der Waals surface area contributed by atoms with E-state index in [1.807, 2.05) is 11.0 Å². The first-order valence-electron chi connectivity index (χ1n) is 6.42. The minimum absolute atomic E-state index is 0.0946. The summed E-state index contributed by atoms with van der Waals surface area (Å²) in [6.45, 7) is 4.73. The zero-order chi connectivity index (χ0) is 13.0. The summed E-state index contributed by atoms with van der Waals surface area (Å²) in [5.41, 5.74) is 0. The van der Waals surface area contributed by atoms with E-state index in [9.17, 15) is 4.79 Å². The van der Waals surface area contributed by atoms with Gasteiger partial charge in [0.25, 0.3) is 0 Å². The highest BCUT2D eigenvalue weighted by molar-refractivity contribution is 9.11. The number of thiophene rings is 1. The molecule has 2 rings (SSSR count). The third-order valence-corrected chi connectivity index (χ3v) is 4.90. The van der Waals surface area contributed by atoms with E-state index in [0.717, 1.165) is 36.3 Å². The SMILES string of the molecule is CC1CCCN(C(=O)NCCc2ccc(Br)s2)C1. The minimum Gasteiger partial charge on any atom is -0.338 e. The van der Waals surface area contributed by atoms with Crippen LogP contribution < -0.4 is 5.32 Å². The lowest BCUT2D eigenvalue weighted by atomic mass is 10.0. The fraction of sp³-hybridized carbons (Fsp3) is 0.615. The van der Waals surface area contributed by atoms with Crippen LogP contribution in [0.25, 0.3) is 0 Å². The Morgan fingerprint density at radius 3 is 3.11 bits per heavy atom. The highest BCUT2D eigenvalue weighted by Gasteiger charge is 2.20. The van der Waals surface area contributed by atoms with Crippen molar-refractivity contribution in [3.63, 3.8) is 0 Å². The topological polar surface area (TPSA) is 32.3 Å². The van der Waals surface area contributed by atoms with Gasteiger partial charge in [-0.2, -0.15) is 0 Å². The van der Waals surface area contributed by atoms with Gasteiger partial charge >= 0.3 is 6.03 Å². The van der Waals surface area contributed by atoms with Gasteiger partial charge < -0.3 is 10.2 Å². The van der Waals surface area contributed by atoms with Crippen molar-refractivity contribution in [3.05, 3.63) is 20.8 Å². The summed E-state index contributed by atoms with van der Waals surface area (Å²) in [5, 5.41) is 3.01. The van der Waals surface area contributed by atoms with E-state index < -0.39 is 0 Å². The van der Waals surface area contributed by atoms with E-state index in [1.165, 1.54) is 11.3 Å². The summed E-state index contributed by atoms with van der Waals surface area (Å²) in [6.07, 6.45) is 3.28. The Kier molecular flexibility index (Phi) is 5.06. The summed E-state index contributed by atoms with van der Waals surface area (Å²) in [7, 11) is 0. The van der Waals surface area contributed by atoms with Gasteiger partial charge in [-0.1, -0.05) is 6.92 Å². The number of nitrogens with zero attached hydrogens (tertiary/aromatic N) is 1. The number of piperidine rings is 1. The Hall–Kier alpha value is -0.550. The molecule has 0 spiro atoms. The van der Waals surface area contributed by atoms with E-state index in [1.54, 1.807) is 11.3 Å². The highest BCUT2D eigenvalue weighted by atomic mass is 79.9. The van der Waals surface area contributed by atoms with Crippen LogP contribution in [-0.4, -0.2) is 30.6 Å². The van der Waals surface area contributed by atoms with Gasteiger partial charge in [0.1, 0.15) is 0 Å². The van der Waals surface area contributed by atoms with E-state index >= 15 is 0 Å². The molecule has 0 saturated carbocycles. The molecule has 1 aromatic rings. The van der Waals surface area contributed by atoms with Gasteiger partial charge in [-0.15, -0.1) is 11.3 Å². The fourth-order valence-electron chi connectivity index (χ4n) is 2.26. The molecule has 0 aromatic carbocycles. The van der Waals surface area contributed by atoms with Crippen molar-refractivity contribution >= 4 is 33.3 Å². The molecule has 2 amide bonds. The molecule has 1 atom stereocenters. The molecule has 0 aliphatic carbocycles. The van der Waals surface area contributed by atoms with E-state index in [-0.39, 0.29) is 6.03 Å². The first kappa shape index (κ1) is 13.9. The number of urea groups is 1. The van der Waals surface area contributed by atoms with Crippen molar-refractivity contribution in [3.8, 4) is 0 Å². The molecule has 2 heterocycles. The smallest absolute Gasteiger partial charge is 0.317 e. The maximum atomic E-state index is 11.9. The van der Waals surface area contributed by atoms with Crippen LogP contribution >= 0.6 is 27.3 Å². The number of amides is 2. The van der Waals surface area contributed by atoms with E-state index in [4.69, 9.17) is 0 Å². The third-order valence-electron chi connectivity index (χ3n) is 3.22. The zero-order valence-electron chi connectivity index (χ0n) is 10.6. The zero-order valence-corrected chi connectivity index (χ0v) is 13.0. The largest absolute Gasteiger partial charge is 0.338 e. The Balaban J connectivity index is 1.71. The van der Waals surface area contributed by atoms with Gasteiger partial charge in [0.05, 0.1) is 3.79 Å². The molecular formula is C13H19BrN2OS. The average Bonchev–Trinajstić information content (AvgIpc) is 2.75. The van der Waals surface area contributed by atoms with Gasteiger partial charge in [-0.3, -0.25) is 0 Å². The molecule has 1 aliphatic heterocycles. The van der Waals surface area contributed by atoms with Gasteiger partial charge in [-0.25, -0.2) is 4.79 Å². The molecule has 1 unspecified atom stereocenters. The summed E-state index contributed by atoms with van der Waals surface area (Å²) >= 11 is 5.17. The molecule has 5 heteroatoms. The number of hydrogen-bond donors (Lipinski definition) is 1. The number of hydrogen-bond acceptors (Lipinski definition) is 2. The van der Waals surface area contributed by atoms with E-state index in [0.29, 0.717) is 5.92 Å². The van der Waals surface area contributed by atoms with E-state index in [2.05, 4.69) is 34.2 Å². The molecule has 1 aliphatic rings. The van der Waals surface area contributed by atoms with Crippen LogP contribution in [0.2, 0.25) is 0 Å². The maximum absolute atomic E-state index is 11.9. The number of likely N-dealkylation sites (tertiary alicyclic amines) is 1. The Labute approximate surface area is 121 Å². The maximum Gasteiger partial charge on any atom is 0.317 e. The quantitative estimate of drug-likeness (QED) is 0.903. The average molecular weight is 331 g/mol. The van der Waals surface area contributed by atoms with Crippen LogP contribution in [0.15, 0.2) is 15.9 Å². The van der Waals surface area contributed by atoms with Crippen molar-refractivity contribution < 1.29 is 4.79 Å². The van der Waals surface area contributed by atoms with Crippen LogP contribution in [0.3, 0.4) is 0 Å². The number of carbonyl (C=O) groups is 1. The third kappa shape index (κ3) is 3.99. The molecular weight excluding hydrogens is 312 g/mol. The highest BCUT2D eigenvalue weighted by Crippen LogP contribution is 2.22. The van der Waals surface area contributed by atoms with Gasteiger partial charge in [-0.05, 0) is 53.2 Å². The first-order valence-corrected chi connectivity index (χ1v) is 8.03. The second-order valence-corrected chi connectivity index (χ2v) is 7.43. The minimum atomic E-state index is 0.0946. The normalized spacial score (nSPS) is 19.9. The second kappa shape index (κ2) is 6.57. The molecule has 0 radical (unpaired) electrons. The molecule has 1 fully saturated rings. The number of carbonyl (C=O) groups excluding carboxylic acids is 1. The Morgan fingerprint density at radius 1 is 1.61 bits per heavy atom. The lowest BCUT2D eigenvalue weighted by molar-refractivity contribution is 0.170. The van der Waals surface area contributed by atoms with Gasteiger partial charge in [0.2, 0.25) is 0 Å². The van der Waals surface area contributed by atoms with Crippen LogP contribution in [-0.2, 0) is 6.42 Å². The number of rotatable bonds is 3. The molecule has 1 saturated heterocycles. The lowest BCUT2D eigenvalue weighted by Crippen LogP contribution is -2.45. The number of nitrogens with one attached hydrogen (secondary N) is 1. The second-order valence-electron chi connectivity index (χ2n) is 4.88. The first-order chi connectivity index (χ1) is 8.65. The Morgan fingerprint density at radius 2 is 2.44 bits per heavy atom. The van der Waals surface area contributed by atoms with Crippen molar-refractivity contribution in [2.75, 3.05) is 19.6 Å². The van der Waals surface area contributed by atoms with Crippen molar-refractivity contribution in [1.29, 1.82) is 0 Å². The lowest BCUT2D eigenvalue weighted by Gasteiger charge is -2.30. The van der Waals surface area contributed by atoms with Crippen LogP contribution in [0.5, 0.6) is 0 Å². The molecule has 1 aromatic heterocycles.